The molecule has 0 spiro atoms. The monoisotopic (exact) mass is 470 g/mol. The average Bonchev–Trinajstić information content (AvgIpc) is 3.59. The minimum atomic E-state index is -0.946. The third-order valence-electron chi connectivity index (χ3n) is 6.01. The van der Waals surface area contributed by atoms with Crippen LogP contribution in [0.5, 0.6) is 11.5 Å². The number of benzene rings is 3. The number of carbonyl (C=O) groups is 1. The Kier molecular flexibility index (Phi) is 6.61. The fraction of sp³-hybridized carbons (Fsp3) is 0.214. The number of methoxy groups -OCH3 is 1. The second-order valence-corrected chi connectivity index (χ2v) is 8.34. The summed E-state index contributed by atoms with van der Waals surface area (Å²) in [6, 6.07) is 23.1. The molecule has 0 radical (unpaired) electrons. The minimum absolute atomic E-state index is 0.240. The Hall–Kier alpha value is -3.94. The molecule has 5 rings (SSSR count). The van der Waals surface area contributed by atoms with Crippen molar-refractivity contribution in [3.63, 3.8) is 0 Å². The zero-order chi connectivity index (χ0) is 24.1. The zero-order valence-electron chi connectivity index (χ0n) is 19.4. The lowest BCUT2D eigenvalue weighted by atomic mass is 10.0. The number of aromatic nitrogens is 2. The first-order valence-corrected chi connectivity index (χ1v) is 11.4. The highest BCUT2D eigenvalue weighted by Crippen LogP contribution is 2.37. The first-order valence-electron chi connectivity index (χ1n) is 11.4. The van der Waals surface area contributed by atoms with Crippen molar-refractivity contribution in [2.45, 2.75) is 18.4 Å². The maximum Gasteiger partial charge on any atom is 0.214 e. The summed E-state index contributed by atoms with van der Waals surface area (Å²) in [5, 5.41) is 0. The van der Waals surface area contributed by atoms with E-state index in [1.807, 2.05) is 83.6 Å². The van der Waals surface area contributed by atoms with Gasteiger partial charge in [0.1, 0.15) is 30.5 Å². The molecule has 0 aliphatic carbocycles. The van der Waals surface area contributed by atoms with E-state index in [0.29, 0.717) is 25.3 Å². The van der Waals surface area contributed by atoms with Gasteiger partial charge in [0.25, 0.3) is 0 Å². The van der Waals surface area contributed by atoms with Gasteiger partial charge < -0.3 is 23.5 Å². The van der Waals surface area contributed by atoms with Gasteiger partial charge in [0.2, 0.25) is 5.79 Å². The van der Waals surface area contributed by atoms with Crippen LogP contribution >= 0.6 is 0 Å². The largest absolute Gasteiger partial charge is 0.497 e. The summed E-state index contributed by atoms with van der Waals surface area (Å²) in [6.45, 7) is 1.23. The molecular formula is C28H26N2O5. The molecule has 1 aromatic heterocycles. The first-order chi connectivity index (χ1) is 17.2. The molecule has 35 heavy (non-hydrogen) atoms. The van der Waals surface area contributed by atoms with Crippen LogP contribution in [0.25, 0.3) is 11.1 Å². The lowest BCUT2D eigenvalue weighted by molar-refractivity contribution is -0.189. The molecule has 2 heterocycles. The number of hydrogen-bond acceptors (Lipinski definition) is 6. The number of nitrogens with zero attached hydrogens (tertiary/aromatic N) is 2. The fourth-order valence-electron chi connectivity index (χ4n) is 4.13. The van der Waals surface area contributed by atoms with Gasteiger partial charge in [-0.2, -0.15) is 0 Å². The van der Waals surface area contributed by atoms with E-state index in [9.17, 15) is 4.79 Å². The van der Waals surface area contributed by atoms with E-state index in [0.717, 1.165) is 34.5 Å². The van der Waals surface area contributed by atoms with Crippen LogP contribution in [0.1, 0.15) is 15.9 Å². The van der Waals surface area contributed by atoms with E-state index in [1.54, 1.807) is 19.6 Å². The predicted molar refractivity (Wildman–Crippen MR) is 130 cm³/mol. The summed E-state index contributed by atoms with van der Waals surface area (Å²) in [5.41, 5.74) is 3.65. The molecule has 0 saturated carbocycles. The van der Waals surface area contributed by atoms with Crippen LogP contribution in [-0.2, 0) is 21.8 Å². The van der Waals surface area contributed by atoms with Gasteiger partial charge in [-0.1, -0.05) is 36.4 Å². The molecule has 1 aliphatic rings. The highest BCUT2D eigenvalue weighted by Gasteiger charge is 2.44. The second kappa shape index (κ2) is 10.1. The lowest BCUT2D eigenvalue weighted by Crippen LogP contribution is -2.34. The summed E-state index contributed by atoms with van der Waals surface area (Å²) in [7, 11) is 1.64. The van der Waals surface area contributed by atoms with Crippen molar-refractivity contribution in [2.75, 3.05) is 20.3 Å². The van der Waals surface area contributed by atoms with Crippen molar-refractivity contribution in [2.24, 2.45) is 0 Å². The van der Waals surface area contributed by atoms with Crippen LogP contribution in [0.15, 0.2) is 91.5 Å². The number of ether oxygens (including phenoxy) is 4. The number of carbonyl (C=O) groups excluding carboxylic acids is 1. The first kappa shape index (κ1) is 22.8. The molecule has 0 amide bonds. The molecule has 0 N–H and O–H groups in total. The van der Waals surface area contributed by atoms with E-state index < -0.39 is 5.79 Å². The van der Waals surface area contributed by atoms with E-state index in [1.165, 1.54) is 0 Å². The van der Waals surface area contributed by atoms with Crippen LogP contribution in [0.2, 0.25) is 0 Å². The fourth-order valence-corrected chi connectivity index (χ4v) is 4.13. The van der Waals surface area contributed by atoms with Gasteiger partial charge in [-0.25, -0.2) is 4.98 Å². The van der Waals surface area contributed by atoms with Crippen molar-refractivity contribution < 1.29 is 23.7 Å². The number of hydrogen-bond donors (Lipinski definition) is 0. The molecule has 2 atom stereocenters. The van der Waals surface area contributed by atoms with E-state index in [2.05, 4.69) is 4.98 Å². The second-order valence-electron chi connectivity index (χ2n) is 8.34. The van der Waals surface area contributed by atoms with Crippen LogP contribution in [0.4, 0.5) is 0 Å². The lowest BCUT2D eigenvalue weighted by Gasteiger charge is -2.29. The standard InChI is InChI=1S/C28H26N2O5/c1-32-25-12-8-24(9-13-25)28(19-30-15-14-29-20-30)34-18-27(35-28)17-33-26-10-6-23(7-11-26)22-4-2-21(16-31)3-5-22/h2-16,20,27H,17-19H2,1H3. The van der Waals surface area contributed by atoms with Gasteiger partial charge in [-0.15, -0.1) is 0 Å². The maximum absolute atomic E-state index is 10.9. The van der Waals surface area contributed by atoms with E-state index in [4.69, 9.17) is 18.9 Å². The number of aldehydes is 1. The normalized spacial score (nSPS) is 19.4. The highest BCUT2D eigenvalue weighted by molar-refractivity contribution is 5.77. The van der Waals surface area contributed by atoms with Gasteiger partial charge in [0.05, 0.1) is 26.6 Å². The molecule has 1 aliphatic heterocycles. The Labute approximate surface area is 203 Å². The smallest absolute Gasteiger partial charge is 0.214 e. The predicted octanol–water partition coefficient (Wildman–Crippen LogP) is 4.72. The van der Waals surface area contributed by atoms with Gasteiger partial charge in [0.15, 0.2) is 0 Å². The van der Waals surface area contributed by atoms with Crippen LogP contribution in [-0.4, -0.2) is 42.3 Å². The van der Waals surface area contributed by atoms with Gasteiger partial charge >= 0.3 is 0 Å². The van der Waals surface area contributed by atoms with Gasteiger partial charge in [-0.3, -0.25) is 4.79 Å². The Morgan fingerprint density at radius 1 is 1.00 bits per heavy atom. The summed E-state index contributed by atoms with van der Waals surface area (Å²) in [5.74, 6) is 0.574. The molecule has 2 unspecified atom stereocenters. The third kappa shape index (κ3) is 5.11. The topological polar surface area (TPSA) is 71.8 Å². The zero-order valence-corrected chi connectivity index (χ0v) is 19.4. The molecule has 178 valence electrons. The van der Waals surface area contributed by atoms with Crippen LogP contribution in [0, 0.1) is 0 Å². The number of rotatable bonds is 9. The molecule has 3 aromatic carbocycles. The summed E-state index contributed by atoms with van der Waals surface area (Å²) >= 11 is 0. The van der Waals surface area contributed by atoms with Crippen molar-refractivity contribution in [3.8, 4) is 22.6 Å². The summed E-state index contributed by atoms with van der Waals surface area (Å²) in [4.78, 5) is 15.0. The molecule has 7 heteroatoms. The molecule has 1 fully saturated rings. The Balaban J connectivity index is 1.25. The molecule has 7 nitrogen and oxygen atoms in total. The molecule has 0 bridgehead atoms. The van der Waals surface area contributed by atoms with Crippen LogP contribution < -0.4 is 9.47 Å². The molecule has 1 saturated heterocycles. The van der Waals surface area contributed by atoms with E-state index >= 15 is 0 Å². The third-order valence-corrected chi connectivity index (χ3v) is 6.01. The Bertz CT molecular complexity index is 1240. The van der Waals surface area contributed by atoms with E-state index in [-0.39, 0.29) is 6.10 Å². The van der Waals surface area contributed by atoms with Gasteiger partial charge in [-0.05, 0) is 47.5 Å². The number of imidazole rings is 1. The summed E-state index contributed by atoms with van der Waals surface area (Å²) in [6.07, 6.45) is 5.97. The highest BCUT2D eigenvalue weighted by atomic mass is 16.8. The maximum atomic E-state index is 10.9. The quantitative estimate of drug-likeness (QED) is 0.330. The summed E-state index contributed by atoms with van der Waals surface area (Å²) < 4.78 is 26.0. The molecule has 4 aromatic rings. The van der Waals surface area contributed by atoms with Crippen molar-refractivity contribution >= 4 is 6.29 Å². The molecular weight excluding hydrogens is 444 g/mol. The average molecular weight is 471 g/mol. The SMILES string of the molecule is COc1ccc(C2(Cn3ccnc3)OCC(COc3ccc(-c4ccc(C=O)cc4)cc3)O2)cc1. The van der Waals surface area contributed by atoms with Crippen molar-refractivity contribution in [3.05, 3.63) is 103 Å². The minimum Gasteiger partial charge on any atom is -0.497 e. The van der Waals surface area contributed by atoms with Gasteiger partial charge in [0, 0.05) is 23.5 Å². The Morgan fingerprint density at radius 3 is 2.31 bits per heavy atom. The Morgan fingerprint density at radius 2 is 1.69 bits per heavy atom. The van der Waals surface area contributed by atoms with Crippen LogP contribution in [0.3, 0.4) is 0 Å². The van der Waals surface area contributed by atoms with Crippen molar-refractivity contribution in [1.29, 1.82) is 0 Å². The van der Waals surface area contributed by atoms with Crippen molar-refractivity contribution in [1.82, 2.24) is 9.55 Å².